The highest BCUT2D eigenvalue weighted by atomic mass is 32.2. The first-order valence-electron chi connectivity index (χ1n) is 7.68. The van der Waals surface area contributed by atoms with E-state index >= 15 is 0 Å². The molecule has 130 valence electrons. The summed E-state index contributed by atoms with van der Waals surface area (Å²) in [5.41, 5.74) is 2.95. The molecule has 8 heteroatoms. The van der Waals surface area contributed by atoms with Gasteiger partial charge >= 0.3 is 0 Å². The number of nitrogens with zero attached hydrogens (tertiary/aromatic N) is 2. The maximum atomic E-state index is 12.1. The number of amides is 1. The first-order chi connectivity index (χ1) is 11.9. The molecule has 0 aliphatic heterocycles. The molecule has 0 aliphatic rings. The van der Waals surface area contributed by atoms with Crippen molar-refractivity contribution in [3.8, 4) is 0 Å². The number of aryl methyl sites for hydroxylation is 1. The van der Waals surface area contributed by atoms with E-state index in [4.69, 9.17) is 0 Å². The fraction of sp³-hybridized carbons (Fsp3) is 0.176. The summed E-state index contributed by atoms with van der Waals surface area (Å²) in [5, 5.41) is 2.79. The van der Waals surface area contributed by atoms with Crippen molar-refractivity contribution in [3.05, 3.63) is 54.9 Å². The Morgan fingerprint density at radius 2 is 1.76 bits per heavy atom. The van der Waals surface area contributed by atoms with Gasteiger partial charge in [-0.3, -0.25) is 9.52 Å². The van der Waals surface area contributed by atoms with Crippen molar-refractivity contribution in [2.24, 2.45) is 0 Å². The van der Waals surface area contributed by atoms with Crippen LogP contribution in [0.1, 0.15) is 6.42 Å². The third kappa shape index (κ3) is 4.57. The lowest BCUT2D eigenvalue weighted by Gasteiger charge is -2.08. The zero-order chi connectivity index (χ0) is 17.9. The second-order valence-electron chi connectivity index (χ2n) is 5.68. The first-order valence-corrected chi connectivity index (χ1v) is 9.57. The Morgan fingerprint density at radius 3 is 2.48 bits per heavy atom. The molecule has 1 aromatic heterocycles. The molecule has 0 atom stereocenters. The molecule has 1 heterocycles. The van der Waals surface area contributed by atoms with Crippen molar-refractivity contribution in [1.29, 1.82) is 0 Å². The quantitative estimate of drug-likeness (QED) is 0.708. The average Bonchev–Trinajstić information content (AvgIpc) is 2.97. The monoisotopic (exact) mass is 358 g/mol. The van der Waals surface area contributed by atoms with Crippen LogP contribution in [0.15, 0.2) is 54.9 Å². The molecule has 2 aromatic carbocycles. The summed E-state index contributed by atoms with van der Waals surface area (Å²) in [6.45, 7) is 0.528. The molecule has 0 saturated carbocycles. The molecule has 1 amide bonds. The Balaban J connectivity index is 1.57. The van der Waals surface area contributed by atoms with E-state index in [1.165, 1.54) is 0 Å². The predicted molar refractivity (Wildman–Crippen MR) is 97.9 cm³/mol. The van der Waals surface area contributed by atoms with Crippen LogP contribution in [0.25, 0.3) is 11.0 Å². The van der Waals surface area contributed by atoms with Crippen molar-refractivity contribution in [2.45, 2.75) is 13.0 Å². The van der Waals surface area contributed by atoms with E-state index in [0.717, 1.165) is 17.3 Å². The lowest BCUT2D eigenvalue weighted by molar-refractivity contribution is -0.116. The van der Waals surface area contributed by atoms with Crippen molar-refractivity contribution < 1.29 is 13.2 Å². The molecule has 0 unspecified atom stereocenters. The smallest absolute Gasteiger partial charge is 0.229 e. The number of carbonyl (C=O) groups is 1. The molecule has 3 aromatic rings. The Bertz CT molecular complexity index is 994. The summed E-state index contributed by atoms with van der Waals surface area (Å²) in [6, 6.07) is 14.3. The SMILES string of the molecule is CS(=O)(=O)Nc1ccc(NC(=O)CCn2cnc3ccccc32)cc1. The maximum Gasteiger partial charge on any atom is 0.229 e. The van der Waals surface area contributed by atoms with Crippen molar-refractivity contribution >= 4 is 38.3 Å². The molecule has 2 N–H and O–H groups in total. The van der Waals surface area contributed by atoms with Gasteiger partial charge < -0.3 is 9.88 Å². The maximum absolute atomic E-state index is 12.1. The molecule has 0 spiro atoms. The Kier molecular flexibility index (Phi) is 4.71. The van der Waals surface area contributed by atoms with Crippen LogP contribution in [0.2, 0.25) is 0 Å². The lowest BCUT2D eigenvalue weighted by atomic mass is 10.2. The van der Waals surface area contributed by atoms with Crippen LogP contribution in [0.4, 0.5) is 11.4 Å². The summed E-state index contributed by atoms with van der Waals surface area (Å²) in [6.07, 6.45) is 3.12. The number of rotatable bonds is 6. The van der Waals surface area contributed by atoms with Crippen LogP contribution < -0.4 is 10.0 Å². The fourth-order valence-electron chi connectivity index (χ4n) is 2.47. The number of nitrogens with one attached hydrogen (secondary N) is 2. The summed E-state index contributed by atoms with van der Waals surface area (Å²) in [7, 11) is -3.31. The van der Waals surface area contributed by atoms with Crippen molar-refractivity contribution in [1.82, 2.24) is 9.55 Å². The zero-order valence-electron chi connectivity index (χ0n) is 13.6. The number of carbonyl (C=O) groups excluding carboxylic acids is 1. The molecule has 0 fully saturated rings. The van der Waals surface area contributed by atoms with Crippen LogP contribution in [0, 0.1) is 0 Å². The van der Waals surface area contributed by atoms with Gasteiger partial charge in [-0.05, 0) is 36.4 Å². The molecular weight excluding hydrogens is 340 g/mol. The standard InChI is InChI=1S/C17H18N4O3S/c1-25(23,24)20-14-8-6-13(7-9-14)19-17(22)10-11-21-12-18-15-4-2-3-5-16(15)21/h2-9,12,20H,10-11H2,1H3,(H,19,22). The highest BCUT2D eigenvalue weighted by Gasteiger charge is 2.07. The van der Waals surface area contributed by atoms with Crippen LogP contribution in [0.3, 0.4) is 0 Å². The molecule has 0 saturated heterocycles. The number of sulfonamides is 1. The Morgan fingerprint density at radius 1 is 1.08 bits per heavy atom. The number of benzene rings is 2. The van der Waals surface area contributed by atoms with E-state index in [2.05, 4.69) is 15.0 Å². The van der Waals surface area contributed by atoms with E-state index < -0.39 is 10.0 Å². The van der Waals surface area contributed by atoms with Gasteiger partial charge in [0.05, 0.1) is 23.6 Å². The third-order valence-corrected chi connectivity index (χ3v) is 4.19. The number of anilines is 2. The van der Waals surface area contributed by atoms with E-state index in [-0.39, 0.29) is 5.91 Å². The van der Waals surface area contributed by atoms with Crippen LogP contribution >= 0.6 is 0 Å². The number of imidazole rings is 1. The van der Waals surface area contributed by atoms with E-state index in [1.807, 2.05) is 28.8 Å². The van der Waals surface area contributed by atoms with Gasteiger partial charge in [0.2, 0.25) is 15.9 Å². The zero-order valence-corrected chi connectivity index (χ0v) is 14.5. The predicted octanol–water partition coefficient (Wildman–Crippen LogP) is 2.44. The molecule has 0 bridgehead atoms. The Labute approximate surface area is 145 Å². The number of para-hydroxylation sites is 2. The number of hydrogen-bond donors (Lipinski definition) is 2. The highest BCUT2D eigenvalue weighted by Crippen LogP contribution is 2.15. The summed E-state index contributed by atoms with van der Waals surface area (Å²) >= 11 is 0. The molecule has 0 radical (unpaired) electrons. The van der Waals surface area contributed by atoms with Gasteiger partial charge in [-0.2, -0.15) is 0 Å². The summed E-state index contributed by atoms with van der Waals surface area (Å²) in [4.78, 5) is 16.4. The van der Waals surface area contributed by atoms with Gasteiger partial charge in [-0.1, -0.05) is 12.1 Å². The van der Waals surface area contributed by atoms with Crippen LogP contribution in [0.5, 0.6) is 0 Å². The number of aromatic nitrogens is 2. The molecule has 7 nitrogen and oxygen atoms in total. The normalized spacial score (nSPS) is 11.4. The minimum atomic E-state index is -3.31. The van der Waals surface area contributed by atoms with Gasteiger partial charge in [0.1, 0.15) is 0 Å². The minimum Gasteiger partial charge on any atom is -0.330 e. The second-order valence-corrected chi connectivity index (χ2v) is 7.42. The molecule has 3 rings (SSSR count). The van der Waals surface area contributed by atoms with E-state index in [0.29, 0.717) is 24.3 Å². The summed E-state index contributed by atoms with van der Waals surface area (Å²) in [5.74, 6) is -0.124. The van der Waals surface area contributed by atoms with Crippen molar-refractivity contribution in [2.75, 3.05) is 16.3 Å². The van der Waals surface area contributed by atoms with Gasteiger partial charge in [-0.25, -0.2) is 13.4 Å². The van der Waals surface area contributed by atoms with Gasteiger partial charge in [0.15, 0.2) is 0 Å². The van der Waals surface area contributed by atoms with Crippen molar-refractivity contribution in [3.63, 3.8) is 0 Å². The average molecular weight is 358 g/mol. The number of fused-ring (bicyclic) bond motifs is 1. The van der Waals surface area contributed by atoms with Crippen LogP contribution in [-0.4, -0.2) is 30.1 Å². The lowest BCUT2D eigenvalue weighted by Crippen LogP contribution is -2.14. The Hall–Kier alpha value is -2.87. The minimum absolute atomic E-state index is 0.124. The van der Waals surface area contributed by atoms with Gasteiger partial charge in [0.25, 0.3) is 0 Å². The van der Waals surface area contributed by atoms with E-state index in [1.54, 1.807) is 30.6 Å². The largest absolute Gasteiger partial charge is 0.330 e. The first kappa shape index (κ1) is 17.0. The molecular formula is C17H18N4O3S. The molecule has 25 heavy (non-hydrogen) atoms. The topological polar surface area (TPSA) is 93.1 Å². The van der Waals surface area contributed by atoms with Gasteiger partial charge in [-0.15, -0.1) is 0 Å². The highest BCUT2D eigenvalue weighted by molar-refractivity contribution is 7.92. The molecule has 0 aliphatic carbocycles. The summed E-state index contributed by atoms with van der Waals surface area (Å²) < 4.78 is 26.6. The number of hydrogen-bond acceptors (Lipinski definition) is 4. The van der Waals surface area contributed by atoms with Gasteiger partial charge in [0, 0.05) is 24.3 Å². The fourth-order valence-corrected chi connectivity index (χ4v) is 3.03. The third-order valence-electron chi connectivity index (χ3n) is 3.58. The van der Waals surface area contributed by atoms with E-state index in [9.17, 15) is 13.2 Å². The second kappa shape index (κ2) is 6.94. The van der Waals surface area contributed by atoms with Crippen LogP contribution in [-0.2, 0) is 21.4 Å².